The summed E-state index contributed by atoms with van der Waals surface area (Å²) in [6.45, 7) is 3.14. The quantitative estimate of drug-likeness (QED) is 0.247. The summed E-state index contributed by atoms with van der Waals surface area (Å²) in [5.74, 6) is -0.467. The fraction of sp³-hybridized carbons (Fsp3) is 0.375. The van der Waals surface area contributed by atoms with Crippen LogP contribution in [0.4, 0.5) is 5.69 Å². The maximum absolute atomic E-state index is 14.3. The number of nitrogens with one attached hydrogen (secondary N) is 1. The topological polar surface area (TPSA) is 96.0 Å². The fourth-order valence-corrected chi connectivity index (χ4v) is 7.13. The second-order valence-electron chi connectivity index (χ2n) is 10.7. The first-order valence-corrected chi connectivity index (χ1v) is 16.5. The van der Waals surface area contributed by atoms with E-state index < -0.39 is 28.5 Å². The highest BCUT2D eigenvalue weighted by Gasteiger charge is 2.35. The molecule has 43 heavy (non-hydrogen) atoms. The van der Waals surface area contributed by atoms with E-state index in [-0.39, 0.29) is 34.1 Å². The highest BCUT2D eigenvalue weighted by molar-refractivity contribution is 7.92. The molecule has 0 saturated heterocycles. The molecule has 1 atom stereocenters. The number of carbonyl (C=O) groups excluding carboxylic acids is 2. The van der Waals surface area contributed by atoms with Crippen molar-refractivity contribution in [3.05, 3.63) is 87.9 Å². The van der Waals surface area contributed by atoms with Crippen molar-refractivity contribution in [2.24, 2.45) is 0 Å². The standard InChI is InChI=1S/C32H37Cl2N3O5S/c1-4-29(32(39)35-24-10-6-7-11-24)36(20-23-9-5-8-12-27(23)33)31(38)21-37(25-15-18-30(42-3)28(34)19-25)43(40,41)26-16-13-22(2)14-17-26/h5,8-9,12-19,24,29H,4,6-7,10-11,20-21H2,1-3H3,(H,35,39). The second kappa shape index (κ2) is 14.5. The van der Waals surface area contributed by atoms with Crippen LogP contribution in [-0.2, 0) is 26.2 Å². The van der Waals surface area contributed by atoms with Crippen molar-refractivity contribution in [1.82, 2.24) is 10.2 Å². The lowest BCUT2D eigenvalue weighted by Crippen LogP contribution is -2.53. The third-order valence-electron chi connectivity index (χ3n) is 7.70. The van der Waals surface area contributed by atoms with E-state index in [0.29, 0.717) is 22.8 Å². The molecule has 1 unspecified atom stereocenters. The molecule has 1 fully saturated rings. The lowest BCUT2D eigenvalue weighted by atomic mass is 10.1. The largest absolute Gasteiger partial charge is 0.495 e. The number of aryl methyl sites for hydroxylation is 1. The first kappa shape index (κ1) is 32.6. The molecule has 1 N–H and O–H groups in total. The number of amides is 2. The van der Waals surface area contributed by atoms with Gasteiger partial charge in [-0.25, -0.2) is 8.42 Å². The zero-order valence-electron chi connectivity index (χ0n) is 24.6. The van der Waals surface area contributed by atoms with Crippen molar-refractivity contribution in [3.8, 4) is 5.75 Å². The number of sulfonamides is 1. The molecule has 0 aliphatic heterocycles. The molecule has 230 valence electrons. The van der Waals surface area contributed by atoms with Gasteiger partial charge in [-0.1, -0.05) is 78.9 Å². The minimum atomic E-state index is -4.23. The molecule has 3 aromatic carbocycles. The van der Waals surface area contributed by atoms with Gasteiger partial charge >= 0.3 is 0 Å². The van der Waals surface area contributed by atoms with Crippen molar-refractivity contribution in [2.45, 2.75) is 69.5 Å². The van der Waals surface area contributed by atoms with Gasteiger partial charge in [0.05, 0.1) is 22.7 Å². The number of carbonyl (C=O) groups is 2. The van der Waals surface area contributed by atoms with Gasteiger partial charge in [-0.3, -0.25) is 13.9 Å². The van der Waals surface area contributed by atoms with Crippen molar-refractivity contribution >= 4 is 50.7 Å². The van der Waals surface area contributed by atoms with E-state index >= 15 is 0 Å². The van der Waals surface area contributed by atoms with Crippen LogP contribution in [0.5, 0.6) is 5.75 Å². The van der Waals surface area contributed by atoms with E-state index in [2.05, 4.69) is 5.32 Å². The van der Waals surface area contributed by atoms with E-state index in [1.807, 2.05) is 13.8 Å². The van der Waals surface area contributed by atoms with E-state index in [1.165, 1.54) is 36.3 Å². The summed E-state index contributed by atoms with van der Waals surface area (Å²) in [7, 11) is -2.77. The first-order chi connectivity index (χ1) is 20.5. The Morgan fingerprint density at radius 1 is 1.00 bits per heavy atom. The van der Waals surface area contributed by atoms with Crippen molar-refractivity contribution in [3.63, 3.8) is 0 Å². The summed E-state index contributed by atoms with van der Waals surface area (Å²) in [6.07, 6.45) is 4.19. The number of hydrogen-bond donors (Lipinski definition) is 1. The molecular weight excluding hydrogens is 609 g/mol. The Labute approximate surface area is 264 Å². The van der Waals surface area contributed by atoms with Crippen LogP contribution in [0, 0.1) is 6.92 Å². The Kier molecular flexibility index (Phi) is 11.0. The normalized spacial score (nSPS) is 14.3. The van der Waals surface area contributed by atoms with Gasteiger partial charge < -0.3 is 15.0 Å². The summed E-state index contributed by atoms with van der Waals surface area (Å²) >= 11 is 12.9. The molecule has 8 nitrogen and oxygen atoms in total. The second-order valence-corrected chi connectivity index (χ2v) is 13.3. The SMILES string of the molecule is CCC(C(=O)NC1CCCC1)N(Cc1ccccc1Cl)C(=O)CN(c1ccc(OC)c(Cl)c1)S(=O)(=O)c1ccc(C)cc1. The summed E-state index contributed by atoms with van der Waals surface area (Å²) in [5, 5.41) is 3.73. The average Bonchev–Trinajstić information content (AvgIpc) is 3.49. The number of methoxy groups -OCH3 is 1. The highest BCUT2D eigenvalue weighted by Crippen LogP contribution is 2.32. The number of nitrogens with zero attached hydrogens (tertiary/aromatic N) is 2. The van der Waals surface area contributed by atoms with Crippen LogP contribution in [-0.4, -0.2) is 50.9 Å². The number of benzene rings is 3. The third-order valence-corrected chi connectivity index (χ3v) is 10.1. The van der Waals surface area contributed by atoms with E-state index in [0.717, 1.165) is 35.6 Å². The molecule has 11 heteroatoms. The van der Waals surface area contributed by atoms with Crippen LogP contribution in [0.25, 0.3) is 0 Å². The van der Waals surface area contributed by atoms with Crippen molar-refractivity contribution in [1.29, 1.82) is 0 Å². The molecule has 2 amide bonds. The Bertz CT molecular complexity index is 1540. The molecule has 1 aliphatic carbocycles. The van der Waals surface area contributed by atoms with Gasteiger partial charge in [-0.2, -0.15) is 0 Å². The maximum Gasteiger partial charge on any atom is 0.264 e. The van der Waals surface area contributed by atoms with Gasteiger partial charge in [0.1, 0.15) is 18.3 Å². The van der Waals surface area contributed by atoms with Gasteiger partial charge in [0, 0.05) is 17.6 Å². The van der Waals surface area contributed by atoms with E-state index in [4.69, 9.17) is 27.9 Å². The van der Waals surface area contributed by atoms with Gasteiger partial charge in [0.25, 0.3) is 10.0 Å². The van der Waals surface area contributed by atoms with Gasteiger partial charge in [0.2, 0.25) is 11.8 Å². The average molecular weight is 647 g/mol. The third kappa shape index (κ3) is 7.82. The minimum Gasteiger partial charge on any atom is -0.495 e. The number of hydrogen-bond acceptors (Lipinski definition) is 5. The van der Waals surface area contributed by atoms with Crippen LogP contribution in [0.15, 0.2) is 71.6 Å². The lowest BCUT2D eigenvalue weighted by Gasteiger charge is -2.34. The van der Waals surface area contributed by atoms with Gasteiger partial charge in [-0.15, -0.1) is 0 Å². The molecule has 1 aliphatic rings. The Morgan fingerprint density at radius 2 is 1.67 bits per heavy atom. The van der Waals surface area contributed by atoms with Gasteiger partial charge in [0.15, 0.2) is 0 Å². The van der Waals surface area contributed by atoms with Crippen molar-refractivity contribution in [2.75, 3.05) is 18.0 Å². The highest BCUT2D eigenvalue weighted by atomic mass is 35.5. The summed E-state index contributed by atoms with van der Waals surface area (Å²) in [6, 6.07) is 17.2. The minimum absolute atomic E-state index is 0.0153. The zero-order chi connectivity index (χ0) is 31.1. The predicted molar refractivity (Wildman–Crippen MR) is 170 cm³/mol. The zero-order valence-corrected chi connectivity index (χ0v) is 26.9. The van der Waals surface area contributed by atoms with Crippen LogP contribution < -0.4 is 14.4 Å². The molecule has 4 rings (SSSR count). The predicted octanol–water partition coefficient (Wildman–Crippen LogP) is 6.37. The van der Waals surface area contributed by atoms with Crippen LogP contribution >= 0.6 is 23.2 Å². The summed E-state index contributed by atoms with van der Waals surface area (Å²) in [4.78, 5) is 29.3. The molecule has 0 bridgehead atoms. The fourth-order valence-electron chi connectivity index (χ4n) is 5.27. The number of anilines is 1. The molecule has 0 spiro atoms. The maximum atomic E-state index is 14.3. The molecular formula is C32H37Cl2N3O5S. The van der Waals surface area contributed by atoms with Gasteiger partial charge in [-0.05, 0) is 68.1 Å². The number of ether oxygens (including phenoxy) is 1. The Hall–Kier alpha value is -3.27. The molecule has 1 saturated carbocycles. The molecule has 0 radical (unpaired) electrons. The molecule has 0 aromatic heterocycles. The monoisotopic (exact) mass is 645 g/mol. The number of halogens is 2. The van der Waals surface area contributed by atoms with Crippen LogP contribution in [0.1, 0.15) is 50.2 Å². The molecule has 0 heterocycles. The summed E-state index contributed by atoms with van der Waals surface area (Å²) < 4.78 is 34.4. The first-order valence-electron chi connectivity index (χ1n) is 14.3. The smallest absolute Gasteiger partial charge is 0.264 e. The number of rotatable bonds is 12. The van der Waals surface area contributed by atoms with E-state index in [9.17, 15) is 18.0 Å². The van der Waals surface area contributed by atoms with E-state index in [1.54, 1.807) is 42.5 Å². The van der Waals surface area contributed by atoms with Crippen LogP contribution in [0.2, 0.25) is 10.0 Å². The Morgan fingerprint density at radius 3 is 2.28 bits per heavy atom. The summed E-state index contributed by atoms with van der Waals surface area (Å²) in [5.41, 5.74) is 1.71. The van der Waals surface area contributed by atoms with Crippen LogP contribution in [0.3, 0.4) is 0 Å². The van der Waals surface area contributed by atoms with Crippen molar-refractivity contribution < 1.29 is 22.7 Å². The lowest BCUT2D eigenvalue weighted by molar-refractivity contribution is -0.140. The molecule has 3 aromatic rings. The Balaban J connectivity index is 1.75.